The third-order valence-corrected chi connectivity index (χ3v) is 3.50. The maximum atomic E-state index is 12.6. The lowest BCUT2D eigenvalue weighted by molar-refractivity contribution is 0.102. The van der Waals surface area contributed by atoms with Crippen LogP contribution in [0.2, 0.25) is 0 Å². The van der Waals surface area contributed by atoms with Gasteiger partial charge in [0.1, 0.15) is 11.3 Å². The minimum Gasteiger partial charge on any atom is -0.497 e. The summed E-state index contributed by atoms with van der Waals surface area (Å²) in [7, 11) is 1.54. The Labute approximate surface area is 137 Å². The number of anilines is 1. The zero-order valence-corrected chi connectivity index (χ0v) is 13.2. The minimum absolute atomic E-state index is 0.0449. The van der Waals surface area contributed by atoms with Gasteiger partial charge in [-0.3, -0.25) is 14.7 Å². The summed E-state index contributed by atoms with van der Waals surface area (Å²) < 4.78 is 6.37. The maximum Gasteiger partial charge on any atom is 0.285 e. The van der Waals surface area contributed by atoms with Crippen LogP contribution in [0.15, 0.2) is 53.5 Å². The second kappa shape index (κ2) is 6.41. The van der Waals surface area contributed by atoms with Gasteiger partial charge in [-0.1, -0.05) is 12.1 Å². The normalized spacial score (nSPS) is 10.4. The summed E-state index contributed by atoms with van der Waals surface area (Å²) in [5, 5.41) is 5.58. The van der Waals surface area contributed by atoms with Gasteiger partial charge >= 0.3 is 0 Å². The number of aryl methyl sites for hydroxylation is 1. The molecule has 0 aliphatic heterocycles. The average molecular weight is 324 g/mol. The van der Waals surface area contributed by atoms with Gasteiger partial charge in [0.25, 0.3) is 11.5 Å². The second-order valence-electron chi connectivity index (χ2n) is 5.13. The Bertz CT molecular complexity index is 929. The molecule has 0 atom stereocenters. The van der Waals surface area contributed by atoms with Crippen LogP contribution in [0.5, 0.6) is 5.75 Å². The molecule has 3 rings (SSSR count). The SMILES string of the molecule is COc1cccc(NC(=O)c2c(C)[nH]n(-c3ccccn3)c2=O)c1. The lowest BCUT2D eigenvalue weighted by atomic mass is 10.2. The molecule has 24 heavy (non-hydrogen) atoms. The Hall–Kier alpha value is -3.35. The van der Waals surface area contributed by atoms with E-state index in [1.807, 2.05) is 0 Å². The van der Waals surface area contributed by atoms with Crippen LogP contribution < -0.4 is 15.6 Å². The first kappa shape index (κ1) is 15.5. The Morgan fingerprint density at radius 3 is 2.79 bits per heavy atom. The number of aromatic amines is 1. The lowest BCUT2D eigenvalue weighted by Crippen LogP contribution is -2.24. The second-order valence-corrected chi connectivity index (χ2v) is 5.13. The first-order valence-corrected chi connectivity index (χ1v) is 7.28. The van der Waals surface area contributed by atoms with Gasteiger partial charge in [-0.25, -0.2) is 9.67 Å². The molecule has 0 saturated carbocycles. The van der Waals surface area contributed by atoms with Crippen LogP contribution in [-0.2, 0) is 0 Å². The van der Waals surface area contributed by atoms with E-state index in [1.54, 1.807) is 62.7 Å². The van der Waals surface area contributed by atoms with Gasteiger partial charge in [-0.05, 0) is 31.2 Å². The third-order valence-electron chi connectivity index (χ3n) is 3.50. The molecule has 2 aromatic heterocycles. The molecular weight excluding hydrogens is 308 g/mol. The number of ether oxygens (including phenoxy) is 1. The van der Waals surface area contributed by atoms with Gasteiger partial charge in [-0.2, -0.15) is 0 Å². The summed E-state index contributed by atoms with van der Waals surface area (Å²) in [4.78, 5) is 29.2. The van der Waals surface area contributed by atoms with Gasteiger partial charge in [0.15, 0.2) is 5.82 Å². The van der Waals surface area contributed by atoms with Crippen LogP contribution in [0.25, 0.3) is 5.82 Å². The topological polar surface area (TPSA) is 89.0 Å². The number of nitrogens with one attached hydrogen (secondary N) is 2. The minimum atomic E-state index is -0.489. The molecule has 1 amide bonds. The van der Waals surface area contributed by atoms with Crippen molar-refractivity contribution in [1.29, 1.82) is 0 Å². The maximum absolute atomic E-state index is 12.6. The number of hydrogen-bond acceptors (Lipinski definition) is 4. The highest BCUT2D eigenvalue weighted by molar-refractivity contribution is 6.04. The predicted octanol–water partition coefficient (Wildman–Crippen LogP) is 2.13. The number of benzene rings is 1. The predicted molar refractivity (Wildman–Crippen MR) is 89.9 cm³/mol. The molecule has 2 N–H and O–H groups in total. The molecule has 0 unspecified atom stereocenters. The average Bonchev–Trinajstić information content (AvgIpc) is 2.90. The molecular formula is C17H16N4O3. The molecule has 122 valence electrons. The van der Waals surface area contributed by atoms with E-state index in [-0.39, 0.29) is 5.56 Å². The Morgan fingerprint density at radius 2 is 2.08 bits per heavy atom. The molecule has 1 aromatic carbocycles. The van der Waals surface area contributed by atoms with E-state index in [0.717, 1.165) is 0 Å². The number of H-pyrrole nitrogens is 1. The van der Waals surface area contributed by atoms with Crippen molar-refractivity contribution in [3.63, 3.8) is 0 Å². The van der Waals surface area contributed by atoms with Gasteiger partial charge in [0, 0.05) is 23.6 Å². The Balaban J connectivity index is 1.93. The number of carbonyl (C=O) groups excluding carboxylic acids is 1. The van der Waals surface area contributed by atoms with Crippen LogP contribution >= 0.6 is 0 Å². The molecule has 0 aliphatic carbocycles. The van der Waals surface area contributed by atoms with Crippen molar-refractivity contribution in [3.8, 4) is 11.6 Å². The number of nitrogens with zero attached hydrogens (tertiary/aromatic N) is 2. The number of hydrogen-bond donors (Lipinski definition) is 2. The van der Waals surface area contributed by atoms with E-state index in [4.69, 9.17) is 4.74 Å². The van der Waals surface area contributed by atoms with Gasteiger partial charge in [-0.15, -0.1) is 0 Å². The smallest absolute Gasteiger partial charge is 0.285 e. The fourth-order valence-electron chi connectivity index (χ4n) is 2.36. The van der Waals surface area contributed by atoms with Crippen LogP contribution in [0, 0.1) is 6.92 Å². The van der Waals surface area contributed by atoms with E-state index < -0.39 is 11.5 Å². The highest BCUT2D eigenvalue weighted by atomic mass is 16.5. The van der Waals surface area contributed by atoms with Crippen LogP contribution in [0.3, 0.4) is 0 Å². The fraction of sp³-hybridized carbons (Fsp3) is 0.118. The summed E-state index contributed by atoms with van der Waals surface area (Å²) in [5.41, 5.74) is 0.602. The molecule has 0 bridgehead atoms. The molecule has 2 heterocycles. The molecule has 3 aromatic rings. The third kappa shape index (κ3) is 2.91. The molecule has 0 radical (unpaired) electrons. The first-order chi connectivity index (χ1) is 11.6. The highest BCUT2D eigenvalue weighted by Crippen LogP contribution is 2.17. The van der Waals surface area contributed by atoms with Crippen molar-refractivity contribution in [2.24, 2.45) is 0 Å². The molecule has 7 heteroatoms. The Morgan fingerprint density at radius 1 is 1.25 bits per heavy atom. The zero-order valence-electron chi connectivity index (χ0n) is 13.2. The monoisotopic (exact) mass is 324 g/mol. The largest absolute Gasteiger partial charge is 0.497 e. The van der Waals surface area contributed by atoms with Crippen molar-refractivity contribution in [3.05, 3.63) is 70.3 Å². The summed E-state index contributed by atoms with van der Waals surface area (Å²) in [6.45, 7) is 1.67. The van der Waals surface area contributed by atoms with Gasteiger partial charge in [0.05, 0.1) is 7.11 Å². The van der Waals surface area contributed by atoms with E-state index in [0.29, 0.717) is 22.9 Å². The summed E-state index contributed by atoms with van der Waals surface area (Å²) in [6, 6.07) is 12.1. The molecule has 0 aliphatic rings. The zero-order chi connectivity index (χ0) is 17.1. The molecule has 7 nitrogen and oxygen atoms in total. The van der Waals surface area contributed by atoms with Crippen molar-refractivity contribution in [1.82, 2.24) is 14.8 Å². The number of pyridine rings is 1. The first-order valence-electron chi connectivity index (χ1n) is 7.28. The van der Waals surface area contributed by atoms with E-state index >= 15 is 0 Å². The highest BCUT2D eigenvalue weighted by Gasteiger charge is 2.20. The summed E-state index contributed by atoms with van der Waals surface area (Å²) in [6.07, 6.45) is 1.58. The number of amides is 1. The van der Waals surface area contributed by atoms with Gasteiger partial charge in [0.2, 0.25) is 0 Å². The standard InChI is InChI=1S/C17H16N4O3/c1-11-15(16(22)19-12-6-5-7-13(10-12)24-2)17(23)21(20-11)14-8-3-4-9-18-14/h3-10,20H,1-2H3,(H,19,22). The summed E-state index contributed by atoms with van der Waals surface area (Å²) >= 11 is 0. The quantitative estimate of drug-likeness (QED) is 0.769. The fourth-order valence-corrected chi connectivity index (χ4v) is 2.36. The van der Waals surface area contributed by atoms with Crippen molar-refractivity contribution in [2.75, 3.05) is 12.4 Å². The molecule has 0 fully saturated rings. The number of carbonyl (C=O) groups is 1. The number of aromatic nitrogens is 3. The van der Waals surface area contributed by atoms with Gasteiger partial charge < -0.3 is 10.1 Å². The van der Waals surface area contributed by atoms with Crippen LogP contribution in [-0.4, -0.2) is 27.8 Å². The molecule has 0 spiro atoms. The van der Waals surface area contributed by atoms with Crippen molar-refractivity contribution >= 4 is 11.6 Å². The lowest BCUT2D eigenvalue weighted by Gasteiger charge is -2.05. The van der Waals surface area contributed by atoms with Crippen molar-refractivity contribution in [2.45, 2.75) is 6.92 Å². The van der Waals surface area contributed by atoms with E-state index in [2.05, 4.69) is 15.4 Å². The van der Waals surface area contributed by atoms with Crippen LogP contribution in [0.1, 0.15) is 16.1 Å². The van der Waals surface area contributed by atoms with Crippen molar-refractivity contribution < 1.29 is 9.53 Å². The number of rotatable bonds is 4. The van der Waals surface area contributed by atoms with E-state index in [9.17, 15) is 9.59 Å². The number of methoxy groups -OCH3 is 1. The summed E-state index contributed by atoms with van der Waals surface area (Å²) in [5.74, 6) is 0.548. The Kier molecular flexibility index (Phi) is 4.15. The molecule has 0 saturated heterocycles. The van der Waals surface area contributed by atoms with E-state index in [1.165, 1.54) is 4.68 Å². The van der Waals surface area contributed by atoms with Crippen LogP contribution in [0.4, 0.5) is 5.69 Å².